The first-order valence-corrected chi connectivity index (χ1v) is 8.75. The Balaban J connectivity index is 1.56. The van der Waals surface area contributed by atoms with Crippen LogP contribution in [0.3, 0.4) is 0 Å². The van der Waals surface area contributed by atoms with E-state index in [1.54, 1.807) is 10.7 Å². The van der Waals surface area contributed by atoms with Crippen LogP contribution in [0.2, 0.25) is 0 Å². The van der Waals surface area contributed by atoms with E-state index in [0.29, 0.717) is 5.69 Å². The van der Waals surface area contributed by atoms with Crippen molar-refractivity contribution in [3.8, 4) is 0 Å². The fraction of sp³-hybridized carbons (Fsp3) is 0.412. The van der Waals surface area contributed by atoms with E-state index in [2.05, 4.69) is 44.1 Å². The van der Waals surface area contributed by atoms with Gasteiger partial charge in [-0.2, -0.15) is 5.10 Å². The van der Waals surface area contributed by atoms with Gasteiger partial charge in [-0.1, -0.05) is 34.1 Å². The van der Waals surface area contributed by atoms with Crippen LogP contribution in [0.25, 0.3) is 0 Å². The first-order chi connectivity index (χ1) is 11.2. The van der Waals surface area contributed by atoms with Gasteiger partial charge in [0.25, 0.3) is 5.91 Å². The maximum atomic E-state index is 12.5. The highest BCUT2D eigenvalue weighted by atomic mass is 79.9. The summed E-state index contributed by atoms with van der Waals surface area (Å²) in [6.45, 7) is 7.00. The van der Waals surface area contributed by atoms with Crippen LogP contribution in [0.5, 0.6) is 0 Å². The number of piperazine rings is 1. The van der Waals surface area contributed by atoms with Gasteiger partial charge in [-0.05, 0) is 24.6 Å². The average Bonchev–Trinajstić information content (AvgIpc) is 3.06. The van der Waals surface area contributed by atoms with Crippen LogP contribution >= 0.6 is 15.9 Å². The highest BCUT2D eigenvalue weighted by molar-refractivity contribution is 9.10. The van der Waals surface area contributed by atoms with Crippen molar-refractivity contribution < 1.29 is 4.79 Å². The summed E-state index contributed by atoms with van der Waals surface area (Å²) in [5.41, 5.74) is 1.83. The largest absolute Gasteiger partial charge is 0.335 e. The molecule has 0 aliphatic carbocycles. The smallest absolute Gasteiger partial charge is 0.274 e. The molecule has 0 N–H and O–H groups in total. The summed E-state index contributed by atoms with van der Waals surface area (Å²) >= 11 is 3.60. The van der Waals surface area contributed by atoms with Crippen molar-refractivity contribution in [3.63, 3.8) is 0 Å². The number of hydrogen-bond donors (Lipinski definition) is 0. The van der Waals surface area contributed by atoms with Crippen molar-refractivity contribution in [2.45, 2.75) is 20.0 Å². The number of aryl methyl sites for hydroxylation is 1. The lowest BCUT2D eigenvalue weighted by atomic mass is 10.2. The fourth-order valence-corrected chi connectivity index (χ4v) is 3.20. The fourth-order valence-electron chi connectivity index (χ4n) is 2.79. The molecule has 2 heterocycles. The molecule has 0 bridgehead atoms. The molecule has 1 aromatic heterocycles. The van der Waals surface area contributed by atoms with Crippen LogP contribution in [0, 0.1) is 0 Å². The highest BCUT2D eigenvalue weighted by Gasteiger charge is 2.23. The lowest BCUT2D eigenvalue weighted by molar-refractivity contribution is 0.0621. The molecule has 6 heteroatoms. The molecule has 1 fully saturated rings. The molecule has 5 nitrogen and oxygen atoms in total. The summed E-state index contributed by atoms with van der Waals surface area (Å²) in [4.78, 5) is 16.8. The third-order valence-corrected chi connectivity index (χ3v) is 4.97. The number of hydrogen-bond acceptors (Lipinski definition) is 3. The zero-order chi connectivity index (χ0) is 16.2. The number of amides is 1. The number of aromatic nitrogens is 2. The number of nitrogens with zero attached hydrogens (tertiary/aromatic N) is 4. The summed E-state index contributed by atoms with van der Waals surface area (Å²) in [5.74, 6) is 0.0396. The maximum absolute atomic E-state index is 12.5. The average molecular weight is 377 g/mol. The Bertz CT molecular complexity index is 677. The number of carbonyl (C=O) groups is 1. The summed E-state index contributed by atoms with van der Waals surface area (Å²) in [5, 5.41) is 4.31. The van der Waals surface area contributed by atoms with E-state index in [4.69, 9.17) is 0 Å². The quantitative estimate of drug-likeness (QED) is 0.823. The summed E-state index contributed by atoms with van der Waals surface area (Å²) in [6, 6.07) is 10.1. The van der Waals surface area contributed by atoms with Gasteiger partial charge in [0.15, 0.2) is 0 Å². The molecule has 0 atom stereocenters. The van der Waals surface area contributed by atoms with Crippen LogP contribution in [-0.2, 0) is 13.1 Å². The molecule has 0 unspecified atom stereocenters. The Labute approximate surface area is 145 Å². The second kappa shape index (κ2) is 7.27. The molecule has 122 valence electrons. The molecule has 1 aliphatic heterocycles. The number of rotatable bonds is 4. The third-order valence-electron chi connectivity index (χ3n) is 4.20. The summed E-state index contributed by atoms with van der Waals surface area (Å²) < 4.78 is 2.93. The van der Waals surface area contributed by atoms with E-state index >= 15 is 0 Å². The summed E-state index contributed by atoms with van der Waals surface area (Å²) in [7, 11) is 0. The molecule has 1 aromatic carbocycles. The van der Waals surface area contributed by atoms with Crippen LogP contribution in [0.15, 0.2) is 41.0 Å². The van der Waals surface area contributed by atoms with Crippen molar-refractivity contribution in [1.29, 1.82) is 0 Å². The topological polar surface area (TPSA) is 41.4 Å². The number of halogens is 1. The molecule has 1 saturated heterocycles. The predicted octanol–water partition coefficient (Wildman–Crippen LogP) is 2.62. The first-order valence-electron chi connectivity index (χ1n) is 7.96. The van der Waals surface area contributed by atoms with Crippen molar-refractivity contribution >= 4 is 21.8 Å². The third kappa shape index (κ3) is 3.82. The van der Waals surface area contributed by atoms with Gasteiger partial charge in [-0.3, -0.25) is 14.4 Å². The lowest BCUT2D eigenvalue weighted by Crippen LogP contribution is -2.48. The van der Waals surface area contributed by atoms with E-state index in [0.717, 1.165) is 43.7 Å². The van der Waals surface area contributed by atoms with Gasteiger partial charge in [-0.15, -0.1) is 0 Å². The molecule has 2 aromatic rings. The molecule has 0 spiro atoms. The monoisotopic (exact) mass is 376 g/mol. The van der Waals surface area contributed by atoms with E-state index < -0.39 is 0 Å². The van der Waals surface area contributed by atoms with Crippen LogP contribution in [-0.4, -0.2) is 51.7 Å². The molecular weight excluding hydrogens is 356 g/mol. The number of benzene rings is 1. The van der Waals surface area contributed by atoms with E-state index in [9.17, 15) is 4.79 Å². The van der Waals surface area contributed by atoms with Crippen LogP contribution < -0.4 is 0 Å². The first kappa shape index (κ1) is 16.2. The van der Waals surface area contributed by atoms with Gasteiger partial charge in [0.05, 0.1) is 0 Å². The zero-order valence-corrected chi connectivity index (χ0v) is 14.9. The van der Waals surface area contributed by atoms with Gasteiger partial charge in [-0.25, -0.2) is 0 Å². The molecule has 3 rings (SSSR count). The lowest BCUT2D eigenvalue weighted by Gasteiger charge is -2.34. The minimum atomic E-state index is 0.0396. The Kier molecular flexibility index (Phi) is 5.13. The van der Waals surface area contributed by atoms with E-state index in [1.165, 1.54) is 5.56 Å². The molecular formula is C17H21BrN4O. The highest BCUT2D eigenvalue weighted by Crippen LogP contribution is 2.19. The summed E-state index contributed by atoms with van der Waals surface area (Å²) in [6.07, 6.45) is 1.86. The Morgan fingerprint density at radius 3 is 2.57 bits per heavy atom. The Morgan fingerprint density at radius 1 is 1.17 bits per heavy atom. The molecule has 23 heavy (non-hydrogen) atoms. The predicted molar refractivity (Wildman–Crippen MR) is 93.2 cm³/mol. The molecule has 1 aliphatic rings. The van der Waals surface area contributed by atoms with E-state index in [1.807, 2.05) is 24.1 Å². The van der Waals surface area contributed by atoms with Crippen LogP contribution in [0.1, 0.15) is 23.0 Å². The van der Waals surface area contributed by atoms with Crippen molar-refractivity contribution in [1.82, 2.24) is 19.6 Å². The normalized spacial score (nSPS) is 15.8. The Morgan fingerprint density at radius 2 is 1.91 bits per heavy atom. The maximum Gasteiger partial charge on any atom is 0.274 e. The van der Waals surface area contributed by atoms with Crippen molar-refractivity contribution in [3.05, 3.63) is 52.3 Å². The SMILES string of the molecule is CCn1ccc(C(=O)N2CCN(Cc3ccccc3Br)CC2)n1. The minimum absolute atomic E-state index is 0.0396. The zero-order valence-electron chi connectivity index (χ0n) is 13.3. The standard InChI is InChI=1S/C17H21BrN4O/c1-2-22-8-7-16(19-22)17(23)21-11-9-20(10-12-21)13-14-5-3-4-6-15(14)18/h3-8H,2,9-13H2,1H3. The Hall–Kier alpha value is -1.66. The molecule has 1 amide bonds. The number of carbonyl (C=O) groups excluding carboxylic acids is 1. The van der Waals surface area contributed by atoms with Gasteiger partial charge in [0.1, 0.15) is 5.69 Å². The van der Waals surface area contributed by atoms with Gasteiger partial charge in [0, 0.05) is 49.9 Å². The molecule has 0 saturated carbocycles. The van der Waals surface area contributed by atoms with Gasteiger partial charge < -0.3 is 4.90 Å². The van der Waals surface area contributed by atoms with Gasteiger partial charge in [0.2, 0.25) is 0 Å². The van der Waals surface area contributed by atoms with Crippen molar-refractivity contribution in [2.24, 2.45) is 0 Å². The molecule has 0 radical (unpaired) electrons. The van der Waals surface area contributed by atoms with Crippen LogP contribution in [0.4, 0.5) is 0 Å². The second-order valence-corrected chi connectivity index (χ2v) is 6.57. The van der Waals surface area contributed by atoms with Gasteiger partial charge >= 0.3 is 0 Å². The van der Waals surface area contributed by atoms with E-state index in [-0.39, 0.29) is 5.91 Å². The van der Waals surface area contributed by atoms with Crippen molar-refractivity contribution in [2.75, 3.05) is 26.2 Å². The second-order valence-electron chi connectivity index (χ2n) is 5.72. The minimum Gasteiger partial charge on any atom is -0.335 e.